The molecule has 4 nitrogen and oxygen atoms in total. The molecule has 0 aliphatic carbocycles. The quantitative estimate of drug-likeness (QED) is 0.600. The summed E-state index contributed by atoms with van der Waals surface area (Å²) in [6.07, 6.45) is 4.07. The zero-order valence-corrected chi connectivity index (χ0v) is 13.4. The van der Waals surface area contributed by atoms with Crippen LogP contribution in [0.5, 0.6) is 0 Å². The van der Waals surface area contributed by atoms with Crippen molar-refractivity contribution in [2.75, 3.05) is 17.6 Å². The van der Waals surface area contributed by atoms with E-state index in [0.717, 1.165) is 35.9 Å². The molecule has 0 saturated carbocycles. The lowest BCUT2D eigenvalue weighted by molar-refractivity contribution is 0.827. The highest BCUT2D eigenvalue weighted by atomic mass is 32.2. The Labute approximate surface area is 130 Å². The van der Waals surface area contributed by atoms with E-state index >= 15 is 0 Å². The van der Waals surface area contributed by atoms with Crippen LogP contribution in [0.1, 0.15) is 30.9 Å². The van der Waals surface area contributed by atoms with Crippen molar-refractivity contribution in [3.63, 3.8) is 0 Å². The molecule has 0 atom stereocenters. The number of nitrogens with zero attached hydrogens (tertiary/aromatic N) is 2. The van der Waals surface area contributed by atoms with Gasteiger partial charge in [-0.25, -0.2) is 4.98 Å². The molecular weight excluding hydrogens is 280 g/mol. The van der Waals surface area contributed by atoms with Gasteiger partial charge >= 0.3 is 0 Å². The zero-order valence-electron chi connectivity index (χ0n) is 12.6. The van der Waals surface area contributed by atoms with Crippen LogP contribution in [0.15, 0.2) is 35.4 Å². The molecule has 0 saturated heterocycles. The van der Waals surface area contributed by atoms with Gasteiger partial charge in [0.05, 0.1) is 4.90 Å². The van der Waals surface area contributed by atoms with Crippen molar-refractivity contribution in [2.45, 2.75) is 37.3 Å². The van der Waals surface area contributed by atoms with Gasteiger partial charge in [0.2, 0.25) is 5.95 Å². The normalized spacial score (nSPS) is 10.6. The standard InChI is InChI=1S/C16H22N4S/c1-3-4-9-18-15-14(10-19-16(17)20-15)21-11-13-7-5-12(2)6-8-13/h5-8,10H,3-4,9,11H2,1-2H3,(H3,17,18,19,20). The summed E-state index contributed by atoms with van der Waals surface area (Å²) in [7, 11) is 0. The third-order valence-corrected chi connectivity index (χ3v) is 4.20. The lowest BCUT2D eigenvalue weighted by Gasteiger charge is -2.10. The third kappa shape index (κ3) is 4.93. The van der Waals surface area contributed by atoms with Gasteiger partial charge in [-0.05, 0) is 18.9 Å². The van der Waals surface area contributed by atoms with Gasteiger partial charge in [0.1, 0.15) is 5.82 Å². The predicted octanol–water partition coefficient (Wildman–Crippen LogP) is 3.87. The van der Waals surface area contributed by atoms with E-state index in [1.807, 2.05) is 0 Å². The Hall–Kier alpha value is -1.75. The fraction of sp³-hybridized carbons (Fsp3) is 0.375. The third-order valence-electron chi connectivity index (χ3n) is 3.11. The number of hydrogen-bond donors (Lipinski definition) is 2. The number of hydrogen-bond acceptors (Lipinski definition) is 5. The second-order valence-corrected chi connectivity index (χ2v) is 6.01. The summed E-state index contributed by atoms with van der Waals surface area (Å²) in [5, 5.41) is 3.35. The number of nitrogens with two attached hydrogens (primary N) is 1. The average Bonchev–Trinajstić information content (AvgIpc) is 2.48. The topological polar surface area (TPSA) is 63.8 Å². The lowest BCUT2D eigenvalue weighted by Crippen LogP contribution is -2.07. The largest absolute Gasteiger partial charge is 0.369 e. The van der Waals surface area contributed by atoms with Gasteiger partial charge in [-0.3, -0.25) is 0 Å². The summed E-state index contributed by atoms with van der Waals surface area (Å²) < 4.78 is 0. The number of aromatic nitrogens is 2. The Morgan fingerprint density at radius 2 is 2.00 bits per heavy atom. The van der Waals surface area contributed by atoms with Gasteiger partial charge in [0, 0.05) is 18.5 Å². The highest BCUT2D eigenvalue weighted by Gasteiger charge is 2.07. The molecule has 0 aliphatic rings. The monoisotopic (exact) mass is 302 g/mol. The van der Waals surface area contributed by atoms with Crippen LogP contribution in [0.3, 0.4) is 0 Å². The molecule has 1 aromatic carbocycles. The summed E-state index contributed by atoms with van der Waals surface area (Å²) in [5.41, 5.74) is 8.26. The average molecular weight is 302 g/mol. The minimum absolute atomic E-state index is 0.314. The van der Waals surface area contributed by atoms with Gasteiger partial charge < -0.3 is 11.1 Å². The number of nitrogen functional groups attached to an aromatic ring is 1. The molecule has 21 heavy (non-hydrogen) atoms. The molecule has 3 N–H and O–H groups in total. The Morgan fingerprint density at radius 3 is 2.71 bits per heavy atom. The molecule has 0 radical (unpaired) electrons. The van der Waals surface area contributed by atoms with E-state index in [-0.39, 0.29) is 0 Å². The van der Waals surface area contributed by atoms with E-state index in [9.17, 15) is 0 Å². The van der Waals surface area contributed by atoms with Crippen LogP contribution in [0.4, 0.5) is 11.8 Å². The van der Waals surface area contributed by atoms with Crippen LogP contribution in [0.2, 0.25) is 0 Å². The fourth-order valence-corrected chi connectivity index (χ4v) is 2.74. The first-order valence-electron chi connectivity index (χ1n) is 7.23. The molecule has 1 heterocycles. The van der Waals surface area contributed by atoms with Gasteiger partial charge in [0.15, 0.2) is 0 Å². The summed E-state index contributed by atoms with van der Waals surface area (Å²) in [4.78, 5) is 9.45. The van der Waals surface area contributed by atoms with E-state index < -0.39 is 0 Å². The van der Waals surface area contributed by atoms with Crippen molar-refractivity contribution in [3.05, 3.63) is 41.6 Å². The maximum Gasteiger partial charge on any atom is 0.221 e. The first-order chi connectivity index (χ1) is 10.2. The van der Waals surface area contributed by atoms with Crippen LogP contribution in [0.25, 0.3) is 0 Å². The van der Waals surface area contributed by atoms with Gasteiger partial charge in [-0.15, -0.1) is 11.8 Å². The number of aryl methyl sites for hydroxylation is 1. The van der Waals surface area contributed by atoms with Crippen molar-refractivity contribution in [1.29, 1.82) is 0 Å². The van der Waals surface area contributed by atoms with Crippen LogP contribution in [-0.2, 0) is 5.75 Å². The SMILES string of the molecule is CCCCNc1nc(N)ncc1SCc1ccc(C)cc1. The number of thioether (sulfide) groups is 1. The number of unbranched alkanes of at least 4 members (excludes halogenated alkanes) is 1. The molecule has 2 aromatic rings. The van der Waals surface area contributed by atoms with Crippen LogP contribution >= 0.6 is 11.8 Å². The maximum absolute atomic E-state index is 5.68. The summed E-state index contributed by atoms with van der Waals surface area (Å²) in [6.45, 7) is 5.18. The number of rotatable bonds is 7. The van der Waals surface area contributed by atoms with E-state index in [2.05, 4.69) is 53.4 Å². The Balaban J connectivity index is 2.02. The minimum atomic E-state index is 0.314. The lowest BCUT2D eigenvalue weighted by atomic mass is 10.2. The van der Waals surface area contributed by atoms with Gasteiger partial charge in [0.25, 0.3) is 0 Å². The molecule has 0 amide bonds. The molecule has 0 unspecified atom stereocenters. The zero-order chi connectivity index (χ0) is 15.1. The highest BCUT2D eigenvalue weighted by molar-refractivity contribution is 7.98. The van der Waals surface area contributed by atoms with Crippen LogP contribution < -0.4 is 11.1 Å². The van der Waals surface area contributed by atoms with Crippen LogP contribution in [-0.4, -0.2) is 16.5 Å². The predicted molar refractivity (Wildman–Crippen MR) is 90.6 cm³/mol. The Morgan fingerprint density at radius 1 is 1.24 bits per heavy atom. The first kappa shape index (κ1) is 15.6. The fourth-order valence-electron chi connectivity index (χ4n) is 1.85. The maximum atomic E-state index is 5.68. The Bertz CT molecular complexity index is 569. The van der Waals surface area contributed by atoms with Crippen molar-refractivity contribution >= 4 is 23.5 Å². The second-order valence-electron chi connectivity index (χ2n) is 5.00. The van der Waals surface area contributed by atoms with Crippen molar-refractivity contribution in [1.82, 2.24) is 9.97 Å². The first-order valence-corrected chi connectivity index (χ1v) is 8.22. The van der Waals surface area contributed by atoms with Crippen molar-refractivity contribution in [3.8, 4) is 0 Å². The second kappa shape index (κ2) is 7.88. The molecule has 1 aromatic heterocycles. The summed E-state index contributed by atoms with van der Waals surface area (Å²) in [5.74, 6) is 2.05. The highest BCUT2D eigenvalue weighted by Crippen LogP contribution is 2.28. The van der Waals surface area contributed by atoms with Crippen LogP contribution in [0, 0.1) is 6.92 Å². The minimum Gasteiger partial charge on any atom is -0.369 e. The van der Waals surface area contributed by atoms with Gasteiger partial charge in [-0.2, -0.15) is 4.98 Å². The molecular formula is C16H22N4S. The molecule has 0 bridgehead atoms. The summed E-state index contributed by atoms with van der Waals surface area (Å²) in [6, 6.07) is 8.58. The summed E-state index contributed by atoms with van der Waals surface area (Å²) >= 11 is 1.73. The number of benzene rings is 1. The van der Waals surface area contributed by atoms with Gasteiger partial charge in [-0.1, -0.05) is 43.2 Å². The number of nitrogens with one attached hydrogen (secondary N) is 1. The molecule has 112 valence electrons. The van der Waals surface area contributed by atoms with Crippen molar-refractivity contribution in [2.24, 2.45) is 0 Å². The van der Waals surface area contributed by atoms with E-state index in [0.29, 0.717) is 5.95 Å². The molecule has 0 fully saturated rings. The molecule has 2 rings (SSSR count). The molecule has 5 heteroatoms. The molecule has 0 aliphatic heterocycles. The molecule has 0 spiro atoms. The number of anilines is 2. The smallest absolute Gasteiger partial charge is 0.221 e. The van der Waals surface area contributed by atoms with E-state index in [1.165, 1.54) is 11.1 Å². The Kier molecular flexibility index (Phi) is 5.87. The van der Waals surface area contributed by atoms with E-state index in [1.54, 1.807) is 18.0 Å². The van der Waals surface area contributed by atoms with Crippen molar-refractivity contribution < 1.29 is 0 Å². The van der Waals surface area contributed by atoms with E-state index in [4.69, 9.17) is 5.73 Å².